The SMILES string of the molecule is O=C1CC(Cl)CN1c1cccc(F)n1. The van der Waals surface area contributed by atoms with Crippen molar-refractivity contribution < 1.29 is 9.18 Å². The van der Waals surface area contributed by atoms with Crippen LogP contribution in [-0.2, 0) is 4.79 Å². The van der Waals surface area contributed by atoms with Crippen molar-refractivity contribution in [3.8, 4) is 0 Å². The van der Waals surface area contributed by atoms with E-state index in [2.05, 4.69) is 4.98 Å². The molecule has 2 rings (SSSR count). The predicted octanol–water partition coefficient (Wildman–Crippen LogP) is 1.56. The van der Waals surface area contributed by atoms with E-state index in [-0.39, 0.29) is 11.3 Å². The van der Waals surface area contributed by atoms with Crippen LogP contribution in [0, 0.1) is 5.95 Å². The zero-order valence-electron chi connectivity index (χ0n) is 7.28. The summed E-state index contributed by atoms with van der Waals surface area (Å²) in [5.74, 6) is -0.366. The largest absolute Gasteiger partial charge is 0.295 e. The minimum atomic E-state index is -0.590. The van der Waals surface area contributed by atoms with Crippen LogP contribution < -0.4 is 4.90 Å². The number of nitrogens with zero attached hydrogens (tertiary/aromatic N) is 2. The molecule has 0 aliphatic carbocycles. The van der Waals surface area contributed by atoms with Crippen LogP contribution in [0.5, 0.6) is 0 Å². The fourth-order valence-electron chi connectivity index (χ4n) is 1.43. The zero-order chi connectivity index (χ0) is 10.1. The first-order valence-corrected chi connectivity index (χ1v) is 4.67. The molecule has 74 valence electrons. The molecule has 0 aromatic carbocycles. The van der Waals surface area contributed by atoms with Gasteiger partial charge in [0, 0.05) is 13.0 Å². The Balaban J connectivity index is 2.27. The molecule has 0 bridgehead atoms. The second-order valence-corrected chi connectivity index (χ2v) is 3.74. The number of hydrogen-bond acceptors (Lipinski definition) is 2. The second kappa shape index (κ2) is 3.53. The van der Waals surface area contributed by atoms with E-state index in [0.29, 0.717) is 18.8 Å². The summed E-state index contributed by atoms with van der Waals surface area (Å²) in [6.45, 7) is 0.400. The molecule has 1 aromatic rings. The Hall–Kier alpha value is -1.16. The van der Waals surface area contributed by atoms with Crippen molar-refractivity contribution in [3.05, 3.63) is 24.1 Å². The van der Waals surface area contributed by atoms with E-state index in [4.69, 9.17) is 11.6 Å². The summed E-state index contributed by atoms with van der Waals surface area (Å²) in [5.41, 5.74) is 0. The summed E-state index contributed by atoms with van der Waals surface area (Å²) < 4.78 is 12.8. The van der Waals surface area contributed by atoms with Crippen LogP contribution in [0.25, 0.3) is 0 Å². The van der Waals surface area contributed by atoms with Gasteiger partial charge >= 0.3 is 0 Å². The van der Waals surface area contributed by atoms with Gasteiger partial charge in [0.2, 0.25) is 11.9 Å². The standard InChI is InChI=1S/C9H8ClFN2O/c10-6-4-9(14)13(5-6)8-3-1-2-7(11)12-8/h1-3,6H,4-5H2. The topological polar surface area (TPSA) is 33.2 Å². The smallest absolute Gasteiger partial charge is 0.229 e. The van der Waals surface area contributed by atoms with Gasteiger partial charge in [-0.05, 0) is 12.1 Å². The molecule has 1 fully saturated rings. The fourth-order valence-corrected chi connectivity index (χ4v) is 1.70. The minimum absolute atomic E-state index is 0.108. The van der Waals surface area contributed by atoms with E-state index in [1.54, 1.807) is 6.07 Å². The third kappa shape index (κ3) is 1.70. The van der Waals surface area contributed by atoms with Gasteiger partial charge in [0.25, 0.3) is 0 Å². The summed E-state index contributed by atoms with van der Waals surface area (Å²) in [7, 11) is 0. The number of carbonyl (C=O) groups is 1. The van der Waals surface area contributed by atoms with E-state index in [0.717, 1.165) is 0 Å². The van der Waals surface area contributed by atoms with Crippen molar-refractivity contribution in [3.63, 3.8) is 0 Å². The van der Waals surface area contributed by atoms with Crippen molar-refractivity contribution in [1.29, 1.82) is 0 Å². The summed E-state index contributed by atoms with van der Waals surface area (Å²) >= 11 is 5.81. The predicted molar refractivity (Wildman–Crippen MR) is 50.8 cm³/mol. The van der Waals surface area contributed by atoms with Crippen molar-refractivity contribution in [1.82, 2.24) is 4.98 Å². The van der Waals surface area contributed by atoms with E-state index in [1.807, 2.05) is 0 Å². The molecule has 14 heavy (non-hydrogen) atoms. The van der Waals surface area contributed by atoms with Gasteiger partial charge < -0.3 is 0 Å². The first kappa shape index (κ1) is 9.40. The lowest BCUT2D eigenvalue weighted by atomic mass is 10.4. The Morgan fingerprint density at radius 2 is 2.36 bits per heavy atom. The van der Waals surface area contributed by atoms with E-state index in [9.17, 15) is 9.18 Å². The van der Waals surface area contributed by atoms with Crippen LogP contribution in [0.15, 0.2) is 18.2 Å². The second-order valence-electron chi connectivity index (χ2n) is 3.12. The van der Waals surface area contributed by atoms with Crippen molar-refractivity contribution in [2.45, 2.75) is 11.8 Å². The zero-order valence-corrected chi connectivity index (χ0v) is 8.04. The van der Waals surface area contributed by atoms with Gasteiger partial charge in [-0.1, -0.05) is 6.07 Å². The van der Waals surface area contributed by atoms with Crippen molar-refractivity contribution >= 4 is 23.3 Å². The van der Waals surface area contributed by atoms with E-state index >= 15 is 0 Å². The Bertz CT molecular complexity index is 372. The van der Waals surface area contributed by atoms with Gasteiger partial charge in [0.15, 0.2) is 0 Å². The molecule has 1 saturated heterocycles. The van der Waals surface area contributed by atoms with Crippen molar-refractivity contribution in [2.75, 3.05) is 11.4 Å². The highest BCUT2D eigenvalue weighted by molar-refractivity contribution is 6.24. The molecule has 0 radical (unpaired) electrons. The molecule has 2 heterocycles. The summed E-state index contributed by atoms with van der Waals surface area (Å²) in [5, 5.41) is -0.201. The molecule has 3 nitrogen and oxygen atoms in total. The summed E-state index contributed by atoms with van der Waals surface area (Å²) in [6.07, 6.45) is 0.291. The normalized spacial score (nSPS) is 21.7. The average molecular weight is 215 g/mol. The van der Waals surface area contributed by atoms with Gasteiger partial charge in [0.05, 0.1) is 5.38 Å². The minimum Gasteiger partial charge on any atom is -0.295 e. The molecular weight excluding hydrogens is 207 g/mol. The van der Waals surface area contributed by atoms with Crippen LogP contribution in [0.2, 0.25) is 0 Å². The Morgan fingerprint density at radius 3 is 2.93 bits per heavy atom. The van der Waals surface area contributed by atoms with Gasteiger partial charge in [-0.2, -0.15) is 4.39 Å². The number of alkyl halides is 1. The number of hydrogen-bond donors (Lipinski definition) is 0. The quantitative estimate of drug-likeness (QED) is 0.525. The highest BCUT2D eigenvalue weighted by Gasteiger charge is 2.29. The molecule has 0 spiro atoms. The number of carbonyl (C=O) groups excluding carboxylic acids is 1. The molecule has 0 saturated carbocycles. The molecule has 5 heteroatoms. The van der Waals surface area contributed by atoms with Crippen LogP contribution in [0.4, 0.5) is 10.2 Å². The van der Waals surface area contributed by atoms with Crippen molar-refractivity contribution in [2.24, 2.45) is 0 Å². The maximum atomic E-state index is 12.8. The lowest BCUT2D eigenvalue weighted by Crippen LogP contribution is -2.25. The Morgan fingerprint density at radius 1 is 1.57 bits per heavy atom. The third-order valence-corrected chi connectivity index (χ3v) is 2.35. The van der Waals surface area contributed by atoms with Crippen LogP contribution in [0.3, 0.4) is 0 Å². The first-order valence-electron chi connectivity index (χ1n) is 4.24. The van der Waals surface area contributed by atoms with E-state index in [1.165, 1.54) is 17.0 Å². The lowest BCUT2D eigenvalue weighted by molar-refractivity contribution is -0.117. The fraction of sp³-hybridized carbons (Fsp3) is 0.333. The van der Waals surface area contributed by atoms with Crippen LogP contribution in [0.1, 0.15) is 6.42 Å². The monoisotopic (exact) mass is 214 g/mol. The number of anilines is 1. The highest BCUT2D eigenvalue weighted by Crippen LogP contribution is 2.22. The molecule has 1 aliphatic heterocycles. The number of halogens is 2. The van der Waals surface area contributed by atoms with Gasteiger partial charge in [-0.15, -0.1) is 11.6 Å². The van der Waals surface area contributed by atoms with Gasteiger partial charge in [0.1, 0.15) is 5.82 Å². The lowest BCUT2D eigenvalue weighted by Gasteiger charge is -2.13. The maximum Gasteiger partial charge on any atom is 0.229 e. The van der Waals surface area contributed by atoms with Crippen LogP contribution >= 0.6 is 11.6 Å². The Kier molecular flexibility index (Phi) is 2.37. The number of amides is 1. The van der Waals surface area contributed by atoms with Gasteiger partial charge in [-0.3, -0.25) is 9.69 Å². The first-order chi connectivity index (χ1) is 6.66. The van der Waals surface area contributed by atoms with Crippen LogP contribution in [-0.4, -0.2) is 22.8 Å². The number of aromatic nitrogens is 1. The molecule has 1 aromatic heterocycles. The maximum absolute atomic E-state index is 12.8. The third-order valence-electron chi connectivity index (χ3n) is 2.05. The van der Waals surface area contributed by atoms with Gasteiger partial charge in [-0.25, -0.2) is 4.98 Å². The molecule has 1 atom stereocenters. The molecular formula is C9H8ClFN2O. The molecule has 0 N–H and O–H groups in total. The molecule has 1 aliphatic rings. The average Bonchev–Trinajstić information content (AvgIpc) is 2.45. The molecule has 1 amide bonds. The number of pyridine rings is 1. The summed E-state index contributed by atoms with van der Waals surface area (Å²) in [6, 6.07) is 4.35. The summed E-state index contributed by atoms with van der Waals surface area (Å²) in [4.78, 5) is 16.4. The van der Waals surface area contributed by atoms with E-state index < -0.39 is 5.95 Å². The number of rotatable bonds is 1. The highest BCUT2D eigenvalue weighted by atomic mass is 35.5. The molecule has 1 unspecified atom stereocenters. The Labute approximate surface area is 85.5 Å².